The predicted octanol–water partition coefficient (Wildman–Crippen LogP) is 5.40. The molecule has 0 aliphatic carbocycles. The Morgan fingerprint density at radius 1 is 0.850 bits per heavy atom. The molecule has 1 heteroatoms. The predicted molar refractivity (Wildman–Crippen MR) is 90.1 cm³/mol. The van der Waals surface area contributed by atoms with Crippen LogP contribution in [-0.4, -0.2) is 6.04 Å². The van der Waals surface area contributed by atoms with Crippen molar-refractivity contribution < 1.29 is 0 Å². The molecule has 0 bridgehead atoms. The second-order valence-electron chi connectivity index (χ2n) is 6.21. The van der Waals surface area contributed by atoms with Gasteiger partial charge in [-0.25, -0.2) is 0 Å². The maximum Gasteiger partial charge on any atom is 0.00793 e. The second-order valence-corrected chi connectivity index (χ2v) is 6.21. The van der Waals surface area contributed by atoms with E-state index in [-0.39, 0.29) is 0 Å². The zero-order valence-electron chi connectivity index (χ0n) is 13.5. The Bertz CT molecular complexity index is 328. The van der Waals surface area contributed by atoms with Crippen LogP contribution in [0.25, 0.3) is 0 Å². The number of hydrogen-bond donors (Lipinski definition) is 1. The van der Waals surface area contributed by atoms with E-state index in [1.165, 1.54) is 68.9 Å². The van der Waals surface area contributed by atoms with Gasteiger partial charge in [-0.3, -0.25) is 0 Å². The maximum absolute atomic E-state index is 6.22. The lowest BCUT2D eigenvalue weighted by atomic mass is 9.99. The Morgan fingerprint density at radius 2 is 1.40 bits per heavy atom. The topological polar surface area (TPSA) is 26.0 Å². The van der Waals surface area contributed by atoms with Crippen LogP contribution in [0.1, 0.15) is 75.8 Å². The number of unbranched alkanes of at least 4 members (excludes halogenated alkanes) is 7. The zero-order valence-corrected chi connectivity index (χ0v) is 13.5. The number of benzene rings is 1. The van der Waals surface area contributed by atoms with Crippen LogP contribution < -0.4 is 5.73 Å². The molecule has 1 rings (SSSR count). The highest BCUT2D eigenvalue weighted by molar-refractivity contribution is 5.21. The first-order chi connectivity index (χ1) is 9.72. The summed E-state index contributed by atoms with van der Waals surface area (Å²) >= 11 is 0. The van der Waals surface area contributed by atoms with E-state index in [0.717, 1.165) is 6.42 Å². The van der Waals surface area contributed by atoms with Crippen LogP contribution in [0.4, 0.5) is 0 Å². The molecule has 20 heavy (non-hydrogen) atoms. The zero-order chi connectivity index (χ0) is 14.6. The molecular formula is C19H33N. The highest BCUT2D eigenvalue weighted by Gasteiger charge is 2.03. The molecule has 0 aromatic heterocycles. The molecule has 0 radical (unpaired) electrons. The normalized spacial score (nSPS) is 12.6. The molecule has 1 aromatic rings. The van der Waals surface area contributed by atoms with Gasteiger partial charge in [0, 0.05) is 6.04 Å². The largest absolute Gasteiger partial charge is 0.327 e. The first kappa shape index (κ1) is 17.2. The van der Waals surface area contributed by atoms with Crippen molar-refractivity contribution in [2.24, 2.45) is 5.73 Å². The minimum Gasteiger partial charge on any atom is -0.327 e. The molecule has 0 fully saturated rings. The molecule has 114 valence electrons. The van der Waals surface area contributed by atoms with Gasteiger partial charge in [-0.05, 0) is 25.3 Å². The van der Waals surface area contributed by atoms with Gasteiger partial charge >= 0.3 is 0 Å². The number of hydrogen-bond acceptors (Lipinski definition) is 1. The van der Waals surface area contributed by atoms with E-state index in [2.05, 4.69) is 38.1 Å². The van der Waals surface area contributed by atoms with Crippen LogP contribution in [0.2, 0.25) is 0 Å². The molecular weight excluding hydrogens is 242 g/mol. The van der Waals surface area contributed by atoms with E-state index in [0.29, 0.717) is 6.04 Å². The van der Waals surface area contributed by atoms with Crippen LogP contribution in [0.3, 0.4) is 0 Å². The van der Waals surface area contributed by atoms with E-state index in [1.54, 1.807) is 0 Å². The van der Waals surface area contributed by atoms with E-state index >= 15 is 0 Å². The van der Waals surface area contributed by atoms with Crippen LogP contribution in [-0.2, 0) is 6.42 Å². The molecule has 1 nitrogen and oxygen atoms in total. The lowest BCUT2D eigenvalue weighted by Crippen LogP contribution is -2.22. The molecule has 0 spiro atoms. The second kappa shape index (κ2) is 10.9. The van der Waals surface area contributed by atoms with Gasteiger partial charge in [0.15, 0.2) is 0 Å². The van der Waals surface area contributed by atoms with Gasteiger partial charge in [0.05, 0.1) is 0 Å². The van der Waals surface area contributed by atoms with E-state index in [9.17, 15) is 0 Å². The molecule has 0 aliphatic rings. The Labute approximate surface area is 126 Å². The van der Waals surface area contributed by atoms with Gasteiger partial charge < -0.3 is 5.73 Å². The van der Waals surface area contributed by atoms with Crippen molar-refractivity contribution in [3.8, 4) is 0 Å². The first-order valence-corrected chi connectivity index (χ1v) is 8.53. The Hall–Kier alpha value is -0.820. The summed E-state index contributed by atoms with van der Waals surface area (Å²) in [7, 11) is 0. The Morgan fingerprint density at radius 3 is 2.00 bits per heavy atom. The Balaban J connectivity index is 2.00. The molecule has 0 amide bonds. The third-order valence-corrected chi connectivity index (χ3v) is 4.05. The fourth-order valence-electron chi connectivity index (χ4n) is 2.67. The highest BCUT2D eigenvalue weighted by atomic mass is 14.6. The summed E-state index contributed by atoms with van der Waals surface area (Å²) in [6.07, 6.45) is 13.2. The summed E-state index contributed by atoms with van der Waals surface area (Å²) in [5.41, 5.74) is 8.93. The van der Waals surface area contributed by atoms with Gasteiger partial charge in [0.1, 0.15) is 0 Å². The smallest absolute Gasteiger partial charge is 0.00793 e. The van der Waals surface area contributed by atoms with E-state index < -0.39 is 0 Å². The number of nitrogens with two attached hydrogens (primary N) is 1. The van der Waals surface area contributed by atoms with Crippen LogP contribution >= 0.6 is 0 Å². The third kappa shape index (κ3) is 8.37. The van der Waals surface area contributed by atoms with Crippen molar-refractivity contribution in [1.82, 2.24) is 0 Å². The van der Waals surface area contributed by atoms with Gasteiger partial charge in [0.25, 0.3) is 0 Å². The first-order valence-electron chi connectivity index (χ1n) is 8.53. The van der Waals surface area contributed by atoms with Gasteiger partial charge in [-0.15, -0.1) is 0 Å². The van der Waals surface area contributed by atoms with Crippen molar-refractivity contribution in [2.45, 2.75) is 84.1 Å². The molecule has 1 atom stereocenters. The molecule has 0 aliphatic heterocycles. The summed E-state index contributed by atoms with van der Waals surface area (Å²) in [6, 6.07) is 9.11. The van der Waals surface area contributed by atoms with Crippen molar-refractivity contribution in [3.63, 3.8) is 0 Å². The van der Waals surface area contributed by atoms with Gasteiger partial charge in [0.2, 0.25) is 0 Å². The summed E-state index contributed by atoms with van der Waals surface area (Å²) in [4.78, 5) is 0. The third-order valence-electron chi connectivity index (χ3n) is 4.05. The summed E-state index contributed by atoms with van der Waals surface area (Å²) in [5.74, 6) is 0. The minimum atomic E-state index is 0.331. The molecule has 0 heterocycles. The van der Waals surface area contributed by atoms with Gasteiger partial charge in [-0.1, -0.05) is 88.1 Å². The fraction of sp³-hybridized carbons (Fsp3) is 0.684. The van der Waals surface area contributed by atoms with Crippen LogP contribution in [0, 0.1) is 6.92 Å². The average molecular weight is 275 g/mol. The summed E-state index contributed by atoms with van der Waals surface area (Å²) in [5, 5.41) is 0. The van der Waals surface area contributed by atoms with Crippen LogP contribution in [0.5, 0.6) is 0 Å². The number of aryl methyl sites for hydroxylation is 1. The Kier molecular flexibility index (Phi) is 9.40. The van der Waals surface area contributed by atoms with Crippen molar-refractivity contribution >= 4 is 0 Å². The van der Waals surface area contributed by atoms with Crippen molar-refractivity contribution in [3.05, 3.63) is 35.4 Å². The number of rotatable bonds is 11. The lowest BCUT2D eigenvalue weighted by Gasteiger charge is -2.11. The van der Waals surface area contributed by atoms with Gasteiger partial charge in [-0.2, -0.15) is 0 Å². The van der Waals surface area contributed by atoms with Crippen molar-refractivity contribution in [2.75, 3.05) is 0 Å². The molecule has 2 N–H and O–H groups in total. The monoisotopic (exact) mass is 275 g/mol. The quantitative estimate of drug-likeness (QED) is 0.538. The summed E-state index contributed by atoms with van der Waals surface area (Å²) in [6.45, 7) is 4.40. The minimum absolute atomic E-state index is 0.331. The van der Waals surface area contributed by atoms with E-state index in [4.69, 9.17) is 5.73 Å². The van der Waals surface area contributed by atoms with Crippen molar-refractivity contribution in [1.29, 1.82) is 0 Å². The molecule has 1 unspecified atom stereocenters. The fourth-order valence-corrected chi connectivity index (χ4v) is 2.67. The van der Waals surface area contributed by atoms with E-state index in [1.807, 2.05) is 0 Å². The lowest BCUT2D eigenvalue weighted by molar-refractivity contribution is 0.525. The summed E-state index contributed by atoms with van der Waals surface area (Å²) < 4.78 is 0. The highest BCUT2D eigenvalue weighted by Crippen LogP contribution is 2.12. The molecule has 1 aromatic carbocycles. The standard InChI is InChI=1S/C19H33N/c1-3-4-5-6-7-8-9-10-11-19(20)16-18-14-12-17(2)13-15-18/h12-15,19H,3-11,16,20H2,1-2H3. The average Bonchev–Trinajstić information content (AvgIpc) is 2.44. The molecule has 0 saturated carbocycles. The maximum atomic E-state index is 6.22. The SMILES string of the molecule is CCCCCCCCCCC(N)Cc1ccc(C)cc1. The van der Waals surface area contributed by atoms with Crippen LogP contribution in [0.15, 0.2) is 24.3 Å². The molecule has 0 saturated heterocycles.